The van der Waals surface area contributed by atoms with Gasteiger partial charge in [0.25, 0.3) is 5.88 Å². The molecule has 2 heterocycles. The average molecular weight is 723 g/mol. The van der Waals surface area contributed by atoms with Gasteiger partial charge >= 0.3 is 6.16 Å². The van der Waals surface area contributed by atoms with Crippen molar-refractivity contribution in [3.8, 4) is 11.9 Å². The smallest absolute Gasteiger partial charge is 0.473 e. The molecule has 2 aromatic rings. The number of hydrogen-bond donors (Lipinski definition) is 1. The highest BCUT2D eigenvalue weighted by Crippen LogP contribution is 2.33. The first kappa shape index (κ1) is 39.6. The third-order valence-corrected chi connectivity index (χ3v) is 10.9. The number of rotatable bonds is 16. The molecule has 0 saturated carbocycles. The maximum atomic E-state index is 14.3. The third kappa shape index (κ3) is 11.6. The maximum absolute atomic E-state index is 14.3. The zero-order valence-corrected chi connectivity index (χ0v) is 30.7. The van der Waals surface area contributed by atoms with Gasteiger partial charge in [-0.15, -0.1) is 0 Å². The summed E-state index contributed by atoms with van der Waals surface area (Å²) in [4.78, 5) is 42.2. The molecule has 1 aromatic carbocycles. The molecule has 1 aliphatic rings. The van der Waals surface area contributed by atoms with Gasteiger partial charge in [-0.05, 0) is 74.2 Å². The summed E-state index contributed by atoms with van der Waals surface area (Å²) in [6, 6.07) is 8.89. The Balaban J connectivity index is 1.82. The van der Waals surface area contributed by atoms with E-state index in [-0.39, 0.29) is 43.2 Å². The van der Waals surface area contributed by atoms with Crippen molar-refractivity contribution in [2.75, 3.05) is 26.0 Å². The molecule has 1 fully saturated rings. The van der Waals surface area contributed by atoms with E-state index >= 15 is 0 Å². The second-order valence-corrected chi connectivity index (χ2v) is 17.1. The maximum Gasteiger partial charge on any atom is 0.508 e. The van der Waals surface area contributed by atoms with Crippen LogP contribution in [0.4, 0.5) is 4.79 Å². The molecule has 1 aromatic heterocycles. The minimum atomic E-state index is -3.38. The fraction of sp³-hybridized carbons (Fsp3) is 0.606. The first-order valence-corrected chi connectivity index (χ1v) is 19.4. The number of nitrogens with zero attached hydrogens (tertiary/aromatic N) is 3. The van der Waals surface area contributed by atoms with E-state index in [4.69, 9.17) is 28.7 Å². The fourth-order valence-corrected chi connectivity index (χ4v) is 8.20. The van der Waals surface area contributed by atoms with Crippen LogP contribution in [0, 0.1) is 17.2 Å². The molecule has 0 spiro atoms. The zero-order chi connectivity index (χ0) is 36.5. The summed E-state index contributed by atoms with van der Waals surface area (Å²) in [6.45, 7) is 13.0. The molecule has 1 aliphatic heterocycles. The molecule has 1 N–H and O–H groups in total. The number of ether oxygens (including phenoxy) is 4. The SMILES string of the molecule is CCOC(C)COc1cc([C@H](C(=O)N2C[C@H](OC(=O)OC(C)C(C)SS(C)(=O)=O)C[C@H]2C(=O)N[C@@H](C)c2ccc(C#N)cc2)C(C)C)on1. The lowest BCUT2D eigenvalue weighted by Crippen LogP contribution is -2.48. The van der Waals surface area contributed by atoms with Crippen LogP contribution < -0.4 is 10.1 Å². The van der Waals surface area contributed by atoms with Crippen molar-refractivity contribution in [1.29, 1.82) is 5.26 Å². The Morgan fingerprint density at radius 2 is 1.82 bits per heavy atom. The van der Waals surface area contributed by atoms with Crippen molar-refractivity contribution < 1.29 is 46.3 Å². The van der Waals surface area contributed by atoms with E-state index in [1.54, 1.807) is 51.1 Å². The summed E-state index contributed by atoms with van der Waals surface area (Å²) in [6.07, 6.45) is -1.88. The number of benzene rings is 1. The van der Waals surface area contributed by atoms with E-state index in [0.717, 1.165) is 11.8 Å². The first-order chi connectivity index (χ1) is 23.0. The van der Waals surface area contributed by atoms with Crippen molar-refractivity contribution in [3.05, 3.63) is 47.2 Å². The zero-order valence-electron chi connectivity index (χ0n) is 29.1. The highest BCUT2D eigenvalue weighted by Gasteiger charge is 2.45. The van der Waals surface area contributed by atoms with Gasteiger partial charge in [-0.25, -0.2) is 13.2 Å². The van der Waals surface area contributed by atoms with Crippen molar-refractivity contribution in [1.82, 2.24) is 15.4 Å². The van der Waals surface area contributed by atoms with Crippen molar-refractivity contribution in [2.45, 2.75) is 96.5 Å². The van der Waals surface area contributed by atoms with Crippen LogP contribution in [-0.2, 0) is 32.7 Å². The summed E-state index contributed by atoms with van der Waals surface area (Å²) in [5, 5.41) is 15.5. The summed E-state index contributed by atoms with van der Waals surface area (Å²) >= 11 is 0. The minimum Gasteiger partial charge on any atom is -0.473 e. The lowest BCUT2D eigenvalue weighted by Gasteiger charge is -2.29. The van der Waals surface area contributed by atoms with Gasteiger partial charge < -0.3 is 33.7 Å². The number of carbonyl (C=O) groups excluding carboxylic acids is 3. The van der Waals surface area contributed by atoms with Gasteiger partial charge in [-0.2, -0.15) is 5.26 Å². The summed E-state index contributed by atoms with van der Waals surface area (Å²) in [7, 11) is -2.72. The molecular weight excluding hydrogens is 677 g/mol. The second kappa shape index (κ2) is 17.7. The molecule has 49 heavy (non-hydrogen) atoms. The van der Waals surface area contributed by atoms with Crippen molar-refractivity contribution >= 4 is 37.6 Å². The molecule has 3 rings (SSSR count). The van der Waals surface area contributed by atoms with E-state index in [1.165, 1.54) is 4.90 Å². The molecule has 1 saturated heterocycles. The summed E-state index contributed by atoms with van der Waals surface area (Å²) in [5.41, 5.74) is 1.23. The van der Waals surface area contributed by atoms with Gasteiger partial charge in [0.05, 0.1) is 35.6 Å². The van der Waals surface area contributed by atoms with Crippen LogP contribution in [-0.4, -0.2) is 92.1 Å². The van der Waals surface area contributed by atoms with Crippen LogP contribution in [0.15, 0.2) is 34.9 Å². The largest absolute Gasteiger partial charge is 0.508 e. The van der Waals surface area contributed by atoms with Crippen molar-refractivity contribution in [3.63, 3.8) is 0 Å². The van der Waals surface area contributed by atoms with E-state index in [0.29, 0.717) is 23.0 Å². The van der Waals surface area contributed by atoms with Gasteiger partial charge in [-0.1, -0.05) is 26.0 Å². The predicted molar refractivity (Wildman–Crippen MR) is 181 cm³/mol. The Hall–Kier alpha value is -3.81. The molecule has 2 amide bonds. The number of amides is 2. The van der Waals surface area contributed by atoms with Gasteiger partial charge in [0, 0.05) is 25.3 Å². The number of hydrogen-bond acceptors (Lipinski definition) is 13. The normalized spacial score (nSPS) is 19.3. The molecule has 7 atom stereocenters. The molecule has 270 valence electrons. The van der Waals surface area contributed by atoms with E-state index in [9.17, 15) is 22.8 Å². The van der Waals surface area contributed by atoms with E-state index in [2.05, 4.69) is 16.5 Å². The Morgan fingerprint density at radius 1 is 1.14 bits per heavy atom. The Labute approximate surface area is 291 Å². The summed E-state index contributed by atoms with van der Waals surface area (Å²) < 4.78 is 51.0. The Morgan fingerprint density at radius 3 is 2.41 bits per heavy atom. The lowest BCUT2D eigenvalue weighted by molar-refractivity contribution is -0.141. The molecule has 0 aliphatic carbocycles. The molecular formula is C33H46N4O10S2. The highest BCUT2D eigenvalue weighted by atomic mass is 33.1. The van der Waals surface area contributed by atoms with Crippen LogP contribution >= 0.6 is 10.8 Å². The highest BCUT2D eigenvalue weighted by molar-refractivity contribution is 8.72. The minimum absolute atomic E-state index is 0.0142. The van der Waals surface area contributed by atoms with Crippen LogP contribution in [0.25, 0.3) is 0 Å². The Kier molecular flexibility index (Phi) is 14.3. The fourth-order valence-electron chi connectivity index (χ4n) is 5.32. The van der Waals surface area contributed by atoms with Crippen LogP contribution in [0.3, 0.4) is 0 Å². The van der Waals surface area contributed by atoms with Crippen molar-refractivity contribution in [2.24, 2.45) is 5.92 Å². The monoisotopic (exact) mass is 722 g/mol. The molecule has 3 unspecified atom stereocenters. The second-order valence-electron chi connectivity index (χ2n) is 12.4. The average Bonchev–Trinajstić information content (AvgIpc) is 3.66. The number of aromatic nitrogens is 1. The quantitative estimate of drug-likeness (QED) is 0.188. The molecule has 0 bridgehead atoms. The van der Waals surface area contributed by atoms with Gasteiger partial charge in [0.1, 0.15) is 30.8 Å². The third-order valence-electron chi connectivity index (χ3n) is 7.94. The molecule has 16 heteroatoms. The predicted octanol–water partition coefficient (Wildman–Crippen LogP) is 4.56. The lowest BCUT2D eigenvalue weighted by atomic mass is 9.91. The van der Waals surface area contributed by atoms with Crippen LogP contribution in [0.2, 0.25) is 0 Å². The van der Waals surface area contributed by atoms with Crippen LogP contribution in [0.5, 0.6) is 5.88 Å². The van der Waals surface area contributed by atoms with Gasteiger partial charge in [0.15, 0.2) is 14.6 Å². The van der Waals surface area contributed by atoms with Gasteiger partial charge in [0.2, 0.25) is 11.8 Å². The number of nitrogens with one attached hydrogen (secondary N) is 1. The first-order valence-electron chi connectivity index (χ1n) is 16.1. The Bertz CT molecular complexity index is 1570. The number of likely N-dealkylation sites (tertiary alicyclic amines) is 1. The van der Waals surface area contributed by atoms with Crippen LogP contribution in [0.1, 0.15) is 83.7 Å². The van der Waals surface area contributed by atoms with E-state index < -0.39 is 62.3 Å². The topological polar surface area (TPSA) is 187 Å². The molecule has 0 radical (unpaired) electrons. The standard InChI is InChI=1S/C33H46N4O10S2/c1-9-43-20(4)18-44-29-15-28(47-36-29)30(19(2)3)32(39)37-17-26(46-33(40)45-22(6)23(7)48-49(8,41)42)14-27(37)31(38)35-21(5)25-12-10-24(16-34)11-13-25/h10-13,15,19-23,26-27,30H,9,14,17-18H2,1-8H3,(H,35,38)/t20?,21-,22?,23?,26+,27-,30+/m0/s1. The van der Waals surface area contributed by atoms with E-state index in [1.807, 2.05) is 27.7 Å². The molecule has 14 nitrogen and oxygen atoms in total. The number of carbonyl (C=O) groups is 3. The summed E-state index contributed by atoms with van der Waals surface area (Å²) in [5.74, 6) is -1.59. The van der Waals surface area contributed by atoms with Gasteiger partial charge in [-0.3, -0.25) is 9.59 Å². The number of nitriles is 1.